The predicted octanol–water partition coefficient (Wildman–Crippen LogP) is 2.41. The van der Waals surface area contributed by atoms with E-state index in [4.69, 9.17) is 0 Å². The summed E-state index contributed by atoms with van der Waals surface area (Å²) in [6.07, 6.45) is 7.72. The Kier molecular flexibility index (Phi) is 4.36. The molecule has 2 aliphatic rings. The summed E-state index contributed by atoms with van der Waals surface area (Å²) in [6, 6.07) is 0.398. The van der Waals surface area contributed by atoms with E-state index in [1.165, 1.54) is 30.8 Å². The van der Waals surface area contributed by atoms with Crippen molar-refractivity contribution < 1.29 is 4.79 Å². The van der Waals surface area contributed by atoms with E-state index in [9.17, 15) is 4.79 Å². The Morgan fingerprint density at radius 1 is 1.35 bits per heavy atom. The maximum Gasteiger partial charge on any atom is 0.283 e. The number of thiazole rings is 1. The number of likely N-dealkylation sites (tertiary alicyclic amines) is 2. The summed E-state index contributed by atoms with van der Waals surface area (Å²) in [4.78, 5) is 22.7. The fourth-order valence-corrected chi connectivity index (χ4v) is 4.06. The van der Waals surface area contributed by atoms with Crippen LogP contribution in [0.25, 0.3) is 0 Å². The first kappa shape index (κ1) is 14.0. The van der Waals surface area contributed by atoms with Crippen molar-refractivity contribution in [3.8, 4) is 0 Å². The number of carbonyl (C=O) groups excluding carboxylic acids is 1. The predicted molar refractivity (Wildman–Crippen MR) is 81.2 cm³/mol. The Labute approximate surface area is 124 Å². The van der Waals surface area contributed by atoms with E-state index < -0.39 is 0 Å². The molecule has 0 spiro atoms. The van der Waals surface area contributed by atoms with Gasteiger partial charge in [0.15, 0.2) is 5.01 Å². The van der Waals surface area contributed by atoms with Crippen LogP contribution in [0.15, 0.2) is 6.20 Å². The number of amides is 1. The lowest BCUT2D eigenvalue weighted by molar-refractivity contribution is 0.0708. The van der Waals surface area contributed by atoms with Gasteiger partial charge in [0.2, 0.25) is 0 Å². The topological polar surface area (TPSA) is 36.4 Å². The van der Waals surface area contributed by atoms with E-state index in [1.54, 1.807) is 11.3 Å². The summed E-state index contributed by atoms with van der Waals surface area (Å²) < 4.78 is 0. The molecule has 2 fully saturated rings. The molecule has 110 valence electrons. The summed E-state index contributed by atoms with van der Waals surface area (Å²) in [7, 11) is 0. The van der Waals surface area contributed by atoms with Gasteiger partial charge in [-0.2, -0.15) is 0 Å². The van der Waals surface area contributed by atoms with E-state index in [0.29, 0.717) is 11.0 Å². The highest BCUT2D eigenvalue weighted by Gasteiger charge is 2.32. The molecule has 0 saturated carbocycles. The fraction of sp³-hybridized carbons (Fsp3) is 0.733. The number of aromatic nitrogens is 1. The van der Waals surface area contributed by atoms with Crippen LogP contribution in [0, 0.1) is 0 Å². The van der Waals surface area contributed by atoms with Crippen LogP contribution in [0.3, 0.4) is 0 Å². The van der Waals surface area contributed by atoms with E-state index in [0.717, 1.165) is 32.4 Å². The standard InChI is InChI=1S/C15H23N3OS/c1-2-13-10-16-14(20-13)15(19)18-9-5-6-12(18)11-17-7-3-4-8-17/h10,12H,2-9,11H2,1H3. The molecule has 1 unspecified atom stereocenters. The van der Waals surface area contributed by atoms with Gasteiger partial charge in [0.25, 0.3) is 5.91 Å². The second-order valence-corrected chi connectivity index (χ2v) is 6.90. The van der Waals surface area contributed by atoms with Crippen LogP contribution in [0.4, 0.5) is 0 Å². The highest BCUT2D eigenvalue weighted by Crippen LogP contribution is 2.24. The maximum absolute atomic E-state index is 12.6. The summed E-state index contributed by atoms with van der Waals surface area (Å²) in [6.45, 7) is 6.47. The number of hydrogen-bond donors (Lipinski definition) is 0. The monoisotopic (exact) mass is 293 g/mol. The molecular formula is C15H23N3OS. The molecule has 4 nitrogen and oxygen atoms in total. The highest BCUT2D eigenvalue weighted by molar-refractivity contribution is 7.13. The summed E-state index contributed by atoms with van der Waals surface area (Å²) in [5.41, 5.74) is 0. The van der Waals surface area contributed by atoms with Crippen molar-refractivity contribution in [2.24, 2.45) is 0 Å². The molecule has 5 heteroatoms. The van der Waals surface area contributed by atoms with Gasteiger partial charge in [-0.05, 0) is 45.2 Å². The zero-order valence-corrected chi connectivity index (χ0v) is 13.0. The number of aryl methyl sites for hydroxylation is 1. The van der Waals surface area contributed by atoms with Crippen molar-refractivity contribution in [2.75, 3.05) is 26.2 Å². The first-order valence-electron chi connectivity index (χ1n) is 7.76. The zero-order valence-electron chi connectivity index (χ0n) is 12.2. The molecule has 3 rings (SSSR count). The SMILES string of the molecule is CCc1cnc(C(=O)N2CCCC2CN2CCCC2)s1. The van der Waals surface area contributed by atoms with Gasteiger partial charge in [-0.15, -0.1) is 11.3 Å². The van der Waals surface area contributed by atoms with Crippen LogP contribution >= 0.6 is 11.3 Å². The summed E-state index contributed by atoms with van der Waals surface area (Å²) in [5, 5.41) is 0.676. The molecule has 20 heavy (non-hydrogen) atoms. The quantitative estimate of drug-likeness (QED) is 0.855. The molecule has 1 aromatic heterocycles. The number of carbonyl (C=O) groups is 1. The van der Waals surface area contributed by atoms with Gasteiger partial charge in [0.1, 0.15) is 0 Å². The number of hydrogen-bond acceptors (Lipinski definition) is 4. The molecule has 2 saturated heterocycles. The van der Waals surface area contributed by atoms with Gasteiger partial charge in [-0.3, -0.25) is 4.79 Å². The first-order valence-corrected chi connectivity index (χ1v) is 8.57. The Morgan fingerprint density at radius 2 is 2.15 bits per heavy atom. The van der Waals surface area contributed by atoms with Crippen LogP contribution < -0.4 is 0 Å². The minimum Gasteiger partial charge on any atom is -0.332 e. The van der Waals surface area contributed by atoms with Crippen molar-refractivity contribution in [1.82, 2.24) is 14.8 Å². The molecule has 0 N–H and O–H groups in total. The third-order valence-corrected chi connectivity index (χ3v) is 5.52. The van der Waals surface area contributed by atoms with Crippen LogP contribution in [0.2, 0.25) is 0 Å². The molecule has 0 bridgehead atoms. The van der Waals surface area contributed by atoms with Gasteiger partial charge in [0, 0.05) is 30.2 Å². The smallest absolute Gasteiger partial charge is 0.283 e. The van der Waals surface area contributed by atoms with Crippen LogP contribution in [0.1, 0.15) is 47.3 Å². The third kappa shape index (κ3) is 2.88. The minimum atomic E-state index is 0.149. The highest BCUT2D eigenvalue weighted by atomic mass is 32.1. The molecule has 0 aromatic carbocycles. The Balaban J connectivity index is 1.66. The van der Waals surface area contributed by atoms with Gasteiger partial charge in [-0.1, -0.05) is 6.92 Å². The second kappa shape index (κ2) is 6.22. The molecule has 1 atom stereocenters. The van der Waals surface area contributed by atoms with Crippen LogP contribution in [-0.2, 0) is 6.42 Å². The minimum absolute atomic E-state index is 0.149. The van der Waals surface area contributed by atoms with Crippen molar-refractivity contribution in [3.63, 3.8) is 0 Å². The average molecular weight is 293 g/mol. The number of rotatable bonds is 4. The van der Waals surface area contributed by atoms with E-state index in [1.807, 2.05) is 6.20 Å². The van der Waals surface area contributed by atoms with Crippen LogP contribution in [-0.4, -0.2) is 52.9 Å². The van der Waals surface area contributed by atoms with Crippen molar-refractivity contribution >= 4 is 17.2 Å². The van der Waals surface area contributed by atoms with Gasteiger partial charge >= 0.3 is 0 Å². The lowest BCUT2D eigenvalue weighted by Crippen LogP contribution is -2.42. The molecule has 0 aliphatic carbocycles. The van der Waals surface area contributed by atoms with Crippen molar-refractivity contribution in [2.45, 2.75) is 45.1 Å². The molecule has 1 aromatic rings. The largest absolute Gasteiger partial charge is 0.332 e. The Morgan fingerprint density at radius 3 is 2.85 bits per heavy atom. The fourth-order valence-electron chi connectivity index (χ4n) is 3.25. The normalized spacial score (nSPS) is 23.6. The summed E-state index contributed by atoms with van der Waals surface area (Å²) >= 11 is 1.56. The molecule has 0 radical (unpaired) electrons. The molecule has 1 amide bonds. The van der Waals surface area contributed by atoms with Gasteiger partial charge in [-0.25, -0.2) is 4.98 Å². The van der Waals surface area contributed by atoms with E-state index in [2.05, 4.69) is 21.7 Å². The lowest BCUT2D eigenvalue weighted by atomic mass is 10.2. The number of nitrogens with zero attached hydrogens (tertiary/aromatic N) is 3. The zero-order chi connectivity index (χ0) is 13.9. The van der Waals surface area contributed by atoms with Crippen LogP contribution in [0.5, 0.6) is 0 Å². The Bertz CT molecular complexity index is 467. The Hall–Kier alpha value is -0.940. The van der Waals surface area contributed by atoms with E-state index in [-0.39, 0.29) is 5.91 Å². The molecular weight excluding hydrogens is 270 g/mol. The molecule has 2 aliphatic heterocycles. The lowest BCUT2D eigenvalue weighted by Gasteiger charge is -2.27. The average Bonchev–Trinajstić information content (AvgIpc) is 3.20. The van der Waals surface area contributed by atoms with Gasteiger partial charge in [0.05, 0.1) is 0 Å². The van der Waals surface area contributed by atoms with E-state index >= 15 is 0 Å². The summed E-state index contributed by atoms with van der Waals surface area (Å²) in [5.74, 6) is 0.149. The maximum atomic E-state index is 12.6. The third-order valence-electron chi connectivity index (χ3n) is 4.39. The second-order valence-electron chi connectivity index (χ2n) is 5.79. The first-order chi connectivity index (χ1) is 9.78. The molecule has 3 heterocycles. The van der Waals surface area contributed by atoms with Crippen molar-refractivity contribution in [3.05, 3.63) is 16.1 Å². The van der Waals surface area contributed by atoms with Crippen molar-refractivity contribution in [1.29, 1.82) is 0 Å². The van der Waals surface area contributed by atoms with Gasteiger partial charge < -0.3 is 9.80 Å².